The maximum Gasteiger partial charge on any atom is 0.234 e. The van der Waals surface area contributed by atoms with Crippen molar-refractivity contribution in [3.63, 3.8) is 0 Å². The summed E-state index contributed by atoms with van der Waals surface area (Å²) in [5.74, 6) is 0.515. The summed E-state index contributed by atoms with van der Waals surface area (Å²) in [5.41, 5.74) is 0. The summed E-state index contributed by atoms with van der Waals surface area (Å²) in [4.78, 5) is 11.3. The van der Waals surface area contributed by atoms with Gasteiger partial charge in [-0.15, -0.1) is 0 Å². The lowest BCUT2D eigenvalue weighted by atomic mass is 9.83. The van der Waals surface area contributed by atoms with Crippen LogP contribution in [0.5, 0.6) is 0 Å². The van der Waals surface area contributed by atoms with Gasteiger partial charge in [-0.3, -0.25) is 4.79 Å². The molecule has 1 atom stereocenters. The number of nitriles is 1. The number of nitrogens with zero attached hydrogens (tertiary/aromatic N) is 1. The first kappa shape index (κ1) is 12.0. The highest BCUT2D eigenvalue weighted by Crippen LogP contribution is 2.27. The van der Waals surface area contributed by atoms with Gasteiger partial charge in [0.2, 0.25) is 5.91 Å². The second kappa shape index (κ2) is 6.44. The Balaban J connectivity index is 2.40. The Bertz CT molecular complexity index is 238. The van der Waals surface area contributed by atoms with E-state index in [1.165, 1.54) is 32.1 Å². The quantitative estimate of drug-likeness (QED) is 0.771. The maximum absolute atomic E-state index is 11.3. The predicted molar refractivity (Wildman–Crippen MR) is 59.0 cm³/mol. The van der Waals surface area contributed by atoms with Crippen molar-refractivity contribution >= 4 is 5.91 Å². The fraction of sp³-hybridized carbons (Fsp3) is 0.833. The molecule has 3 nitrogen and oxygen atoms in total. The van der Waals surface area contributed by atoms with E-state index in [4.69, 9.17) is 5.26 Å². The van der Waals surface area contributed by atoms with Crippen LogP contribution >= 0.6 is 0 Å². The highest BCUT2D eigenvalue weighted by atomic mass is 16.1. The van der Waals surface area contributed by atoms with Crippen molar-refractivity contribution in [2.24, 2.45) is 5.92 Å². The second-order valence-corrected chi connectivity index (χ2v) is 4.32. The van der Waals surface area contributed by atoms with Gasteiger partial charge in [-0.2, -0.15) is 5.26 Å². The van der Waals surface area contributed by atoms with Gasteiger partial charge in [0.25, 0.3) is 0 Å². The highest BCUT2D eigenvalue weighted by molar-refractivity contribution is 5.78. The number of hydrogen-bond acceptors (Lipinski definition) is 2. The largest absolute Gasteiger partial charge is 0.352 e. The molecule has 3 heteroatoms. The van der Waals surface area contributed by atoms with Crippen LogP contribution in [-0.4, -0.2) is 11.9 Å². The maximum atomic E-state index is 11.3. The van der Waals surface area contributed by atoms with Gasteiger partial charge >= 0.3 is 0 Å². The lowest BCUT2D eigenvalue weighted by Crippen LogP contribution is -2.40. The van der Waals surface area contributed by atoms with Gasteiger partial charge in [0.05, 0.1) is 6.07 Å². The van der Waals surface area contributed by atoms with Crippen molar-refractivity contribution in [1.29, 1.82) is 5.26 Å². The van der Waals surface area contributed by atoms with Crippen LogP contribution in [0, 0.1) is 17.2 Å². The van der Waals surface area contributed by atoms with E-state index in [9.17, 15) is 4.79 Å². The van der Waals surface area contributed by atoms with Crippen LogP contribution in [0.2, 0.25) is 0 Å². The number of amides is 1. The van der Waals surface area contributed by atoms with E-state index in [1.54, 1.807) is 0 Å². The van der Waals surface area contributed by atoms with Crippen molar-refractivity contribution in [2.75, 3.05) is 0 Å². The third kappa shape index (κ3) is 3.91. The summed E-state index contributed by atoms with van der Waals surface area (Å²) < 4.78 is 0. The average molecular weight is 208 g/mol. The molecule has 0 aromatic heterocycles. The fourth-order valence-corrected chi connectivity index (χ4v) is 2.42. The number of carbonyl (C=O) groups excluding carboxylic acids is 1. The van der Waals surface area contributed by atoms with Crippen LogP contribution in [0.4, 0.5) is 0 Å². The van der Waals surface area contributed by atoms with Gasteiger partial charge < -0.3 is 5.32 Å². The molecule has 1 N–H and O–H groups in total. The topological polar surface area (TPSA) is 52.9 Å². The molecule has 0 aromatic rings. The van der Waals surface area contributed by atoms with E-state index < -0.39 is 0 Å². The third-order valence-corrected chi connectivity index (χ3v) is 3.24. The molecule has 15 heavy (non-hydrogen) atoms. The minimum absolute atomic E-state index is 0.0107. The van der Waals surface area contributed by atoms with E-state index >= 15 is 0 Å². The molecule has 1 aliphatic rings. The lowest BCUT2D eigenvalue weighted by molar-refractivity contribution is -0.121. The van der Waals surface area contributed by atoms with Gasteiger partial charge in [0, 0.05) is 6.04 Å². The molecular weight excluding hydrogens is 188 g/mol. The molecule has 1 rings (SSSR count). The van der Waals surface area contributed by atoms with Crippen molar-refractivity contribution in [3.8, 4) is 6.07 Å². The Morgan fingerprint density at radius 1 is 1.47 bits per heavy atom. The molecule has 1 saturated carbocycles. The van der Waals surface area contributed by atoms with E-state index in [-0.39, 0.29) is 18.4 Å². The number of hydrogen-bond donors (Lipinski definition) is 1. The van der Waals surface area contributed by atoms with Gasteiger partial charge in [-0.1, -0.05) is 26.2 Å². The molecule has 0 bridgehead atoms. The van der Waals surface area contributed by atoms with E-state index in [1.807, 2.05) is 6.07 Å². The van der Waals surface area contributed by atoms with Gasteiger partial charge in [-0.05, 0) is 25.2 Å². The molecule has 0 radical (unpaired) electrons. The van der Waals surface area contributed by atoms with Gasteiger partial charge in [0.1, 0.15) is 6.42 Å². The highest BCUT2D eigenvalue weighted by Gasteiger charge is 2.23. The Hall–Kier alpha value is -1.04. The van der Waals surface area contributed by atoms with Crippen LogP contribution in [0.15, 0.2) is 0 Å². The summed E-state index contributed by atoms with van der Waals surface area (Å²) in [6, 6.07) is 2.17. The van der Waals surface area contributed by atoms with Crippen LogP contribution < -0.4 is 5.32 Å². The smallest absolute Gasteiger partial charge is 0.234 e. The normalized spacial score (nSPS) is 19.2. The van der Waals surface area contributed by atoms with Crippen LogP contribution in [-0.2, 0) is 4.79 Å². The molecule has 0 saturated heterocycles. The Kier molecular flexibility index (Phi) is 5.17. The Morgan fingerprint density at radius 2 is 2.13 bits per heavy atom. The Labute approximate surface area is 91.9 Å². The van der Waals surface area contributed by atoms with Crippen LogP contribution in [0.25, 0.3) is 0 Å². The molecule has 0 aromatic carbocycles. The van der Waals surface area contributed by atoms with Crippen LogP contribution in [0.1, 0.15) is 51.9 Å². The Morgan fingerprint density at radius 3 is 2.67 bits per heavy atom. The number of carbonyl (C=O) groups is 1. The number of rotatable bonds is 4. The van der Waals surface area contributed by atoms with Gasteiger partial charge in [-0.25, -0.2) is 0 Å². The summed E-state index contributed by atoms with van der Waals surface area (Å²) >= 11 is 0. The fourth-order valence-electron chi connectivity index (χ4n) is 2.42. The minimum Gasteiger partial charge on any atom is -0.352 e. The molecule has 0 aliphatic heterocycles. The summed E-state index contributed by atoms with van der Waals surface area (Å²) in [6.07, 6.45) is 7.32. The molecule has 1 amide bonds. The summed E-state index contributed by atoms with van der Waals surface area (Å²) in [5, 5.41) is 11.4. The first-order valence-corrected chi connectivity index (χ1v) is 5.94. The van der Waals surface area contributed by atoms with Gasteiger partial charge in [0.15, 0.2) is 0 Å². The van der Waals surface area contributed by atoms with Crippen molar-refractivity contribution in [3.05, 3.63) is 0 Å². The molecule has 0 spiro atoms. The van der Waals surface area contributed by atoms with Crippen LogP contribution in [0.3, 0.4) is 0 Å². The monoisotopic (exact) mass is 208 g/mol. The molecule has 1 aliphatic carbocycles. The zero-order valence-electron chi connectivity index (χ0n) is 9.46. The zero-order chi connectivity index (χ0) is 11.1. The summed E-state index contributed by atoms with van der Waals surface area (Å²) in [6.45, 7) is 2.10. The van der Waals surface area contributed by atoms with Crippen molar-refractivity contribution < 1.29 is 4.79 Å². The zero-order valence-corrected chi connectivity index (χ0v) is 9.46. The molecule has 1 unspecified atom stereocenters. The summed E-state index contributed by atoms with van der Waals surface area (Å²) in [7, 11) is 0. The second-order valence-electron chi connectivity index (χ2n) is 4.32. The minimum atomic E-state index is -0.116. The first-order valence-electron chi connectivity index (χ1n) is 5.94. The predicted octanol–water partition coefficient (Wildman–Crippen LogP) is 2.38. The average Bonchev–Trinajstić information content (AvgIpc) is 2.27. The van der Waals surface area contributed by atoms with E-state index in [2.05, 4.69) is 12.2 Å². The molecular formula is C12H20N2O. The lowest BCUT2D eigenvalue weighted by Gasteiger charge is -2.30. The third-order valence-electron chi connectivity index (χ3n) is 3.24. The van der Waals surface area contributed by atoms with Crippen molar-refractivity contribution in [1.82, 2.24) is 5.32 Å². The molecule has 1 fully saturated rings. The SMILES string of the molecule is CCC(NC(=O)CC#N)C1CCCCC1. The first-order chi connectivity index (χ1) is 7.27. The molecule has 0 heterocycles. The molecule has 84 valence electrons. The van der Waals surface area contributed by atoms with Crippen molar-refractivity contribution in [2.45, 2.75) is 57.9 Å². The van der Waals surface area contributed by atoms with E-state index in [0.717, 1.165) is 6.42 Å². The number of nitrogens with one attached hydrogen (secondary N) is 1. The van der Waals surface area contributed by atoms with E-state index in [0.29, 0.717) is 5.92 Å². The standard InChI is InChI=1S/C12H20N2O/c1-2-11(14-12(15)8-9-13)10-6-4-3-5-7-10/h10-11H,2-8H2,1H3,(H,14,15).